The lowest BCUT2D eigenvalue weighted by atomic mass is 9.87. The Kier molecular flexibility index (Phi) is 6.93. The van der Waals surface area contributed by atoms with Gasteiger partial charge in [0.25, 0.3) is 0 Å². The highest BCUT2D eigenvalue weighted by Gasteiger charge is 2.29. The standard InChI is InChI=1S/C22H21N3O3S/c1-28-17-9-7-15(8-10-17)13-24-21(27)14-29-22-19(12-23)18(11-20(26)25-22)16-5-3-2-4-6-16/h2-10,18H,11,13-14H2,1H3,(H,24,27)(H,25,26)/t18-/m1/s1. The molecule has 0 saturated heterocycles. The van der Waals surface area contributed by atoms with Gasteiger partial charge in [-0.3, -0.25) is 9.59 Å². The van der Waals surface area contributed by atoms with Gasteiger partial charge >= 0.3 is 0 Å². The third-order valence-electron chi connectivity index (χ3n) is 4.55. The van der Waals surface area contributed by atoms with Crippen molar-refractivity contribution < 1.29 is 14.3 Å². The molecule has 2 N–H and O–H groups in total. The molecule has 2 aromatic rings. The molecule has 0 fully saturated rings. The van der Waals surface area contributed by atoms with E-state index in [1.807, 2.05) is 54.6 Å². The Labute approximate surface area is 173 Å². The number of thioether (sulfide) groups is 1. The second-order valence-corrected chi connectivity index (χ2v) is 7.47. The Morgan fingerprint density at radius 3 is 2.62 bits per heavy atom. The van der Waals surface area contributed by atoms with Gasteiger partial charge in [0.15, 0.2) is 0 Å². The van der Waals surface area contributed by atoms with Crippen molar-refractivity contribution in [3.05, 3.63) is 76.3 Å². The third kappa shape index (κ3) is 5.39. The number of ether oxygens (including phenoxy) is 1. The van der Waals surface area contributed by atoms with E-state index in [1.54, 1.807) is 7.11 Å². The van der Waals surface area contributed by atoms with Gasteiger partial charge in [-0.1, -0.05) is 54.2 Å². The maximum Gasteiger partial charge on any atom is 0.230 e. The molecule has 1 atom stereocenters. The van der Waals surface area contributed by atoms with E-state index in [2.05, 4.69) is 16.7 Å². The number of hydrogen-bond donors (Lipinski definition) is 2. The number of carbonyl (C=O) groups excluding carboxylic acids is 2. The van der Waals surface area contributed by atoms with Gasteiger partial charge in [0.2, 0.25) is 11.8 Å². The Hall–Kier alpha value is -3.24. The summed E-state index contributed by atoms with van der Waals surface area (Å²) in [6.07, 6.45) is 0.223. The summed E-state index contributed by atoms with van der Waals surface area (Å²) in [5.74, 6) is 0.247. The molecular formula is C22H21N3O3S. The summed E-state index contributed by atoms with van der Waals surface area (Å²) in [5, 5.41) is 15.7. The van der Waals surface area contributed by atoms with E-state index in [0.717, 1.165) is 16.9 Å². The number of amides is 2. The number of hydrogen-bond acceptors (Lipinski definition) is 5. The van der Waals surface area contributed by atoms with Crippen LogP contribution in [0.2, 0.25) is 0 Å². The van der Waals surface area contributed by atoms with Crippen molar-refractivity contribution in [2.24, 2.45) is 0 Å². The van der Waals surface area contributed by atoms with Crippen LogP contribution in [0, 0.1) is 11.3 Å². The van der Waals surface area contributed by atoms with Gasteiger partial charge in [-0.15, -0.1) is 0 Å². The summed E-state index contributed by atoms with van der Waals surface area (Å²) in [4.78, 5) is 24.4. The fraction of sp³-hybridized carbons (Fsp3) is 0.227. The Morgan fingerprint density at radius 1 is 1.24 bits per heavy atom. The van der Waals surface area contributed by atoms with Crippen LogP contribution in [0.15, 0.2) is 65.2 Å². The molecule has 0 aliphatic carbocycles. The zero-order chi connectivity index (χ0) is 20.6. The Balaban J connectivity index is 1.62. The van der Waals surface area contributed by atoms with Crippen LogP contribution in [0.25, 0.3) is 0 Å². The lowest BCUT2D eigenvalue weighted by Gasteiger charge is -2.25. The molecule has 0 spiro atoms. The summed E-state index contributed by atoms with van der Waals surface area (Å²) in [5.41, 5.74) is 2.36. The van der Waals surface area contributed by atoms with Crippen molar-refractivity contribution in [3.63, 3.8) is 0 Å². The molecule has 1 aliphatic heterocycles. The van der Waals surface area contributed by atoms with E-state index in [0.29, 0.717) is 17.1 Å². The van der Waals surface area contributed by atoms with Gasteiger partial charge in [-0.25, -0.2) is 0 Å². The lowest BCUT2D eigenvalue weighted by molar-refractivity contribution is -0.121. The van der Waals surface area contributed by atoms with Crippen LogP contribution in [-0.2, 0) is 16.1 Å². The lowest BCUT2D eigenvalue weighted by Crippen LogP contribution is -2.32. The summed E-state index contributed by atoms with van der Waals surface area (Å²) < 4.78 is 5.11. The van der Waals surface area contributed by atoms with Crippen LogP contribution < -0.4 is 15.4 Å². The SMILES string of the molecule is COc1ccc(CNC(=O)CSC2=C(C#N)[C@@H](c3ccccc3)CC(=O)N2)cc1. The van der Waals surface area contributed by atoms with Crippen molar-refractivity contribution in [3.8, 4) is 11.8 Å². The number of rotatable bonds is 7. The first-order valence-electron chi connectivity index (χ1n) is 9.12. The van der Waals surface area contributed by atoms with Crippen LogP contribution in [0.3, 0.4) is 0 Å². The molecule has 0 aromatic heterocycles. The van der Waals surface area contributed by atoms with E-state index in [4.69, 9.17) is 4.74 Å². The maximum atomic E-state index is 12.2. The average Bonchev–Trinajstić information content (AvgIpc) is 2.76. The number of nitrogens with zero attached hydrogens (tertiary/aromatic N) is 1. The first kappa shape index (κ1) is 20.5. The fourth-order valence-corrected chi connectivity index (χ4v) is 3.94. The van der Waals surface area contributed by atoms with Crippen molar-refractivity contribution >= 4 is 23.6 Å². The molecule has 1 heterocycles. The van der Waals surface area contributed by atoms with Crippen LogP contribution in [0.5, 0.6) is 5.75 Å². The molecule has 7 heteroatoms. The second kappa shape index (κ2) is 9.80. The highest BCUT2D eigenvalue weighted by atomic mass is 32.2. The van der Waals surface area contributed by atoms with Crippen LogP contribution in [-0.4, -0.2) is 24.7 Å². The number of methoxy groups -OCH3 is 1. The number of nitrogens with one attached hydrogen (secondary N) is 2. The van der Waals surface area contributed by atoms with Crippen molar-refractivity contribution in [1.29, 1.82) is 5.26 Å². The molecule has 2 aromatic carbocycles. The minimum Gasteiger partial charge on any atom is -0.497 e. The van der Waals surface area contributed by atoms with Crippen LogP contribution >= 0.6 is 11.8 Å². The highest BCUT2D eigenvalue weighted by molar-refractivity contribution is 8.03. The van der Waals surface area contributed by atoms with E-state index < -0.39 is 0 Å². The van der Waals surface area contributed by atoms with E-state index in [1.165, 1.54) is 11.8 Å². The monoisotopic (exact) mass is 407 g/mol. The van der Waals surface area contributed by atoms with Crippen molar-refractivity contribution in [2.75, 3.05) is 12.9 Å². The second-order valence-electron chi connectivity index (χ2n) is 6.48. The molecule has 0 radical (unpaired) electrons. The summed E-state index contributed by atoms with van der Waals surface area (Å²) in [6.45, 7) is 0.395. The van der Waals surface area contributed by atoms with Gasteiger partial charge in [0, 0.05) is 18.9 Å². The highest BCUT2D eigenvalue weighted by Crippen LogP contribution is 2.35. The number of benzene rings is 2. The quantitative estimate of drug-likeness (QED) is 0.736. The van der Waals surface area contributed by atoms with Crippen molar-refractivity contribution in [2.45, 2.75) is 18.9 Å². The largest absolute Gasteiger partial charge is 0.497 e. The van der Waals surface area contributed by atoms with Crippen molar-refractivity contribution in [1.82, 2.24) is 10.6 Å². The Morgan fingerprint density at radius 2 is 1.97 bits per heavy atom. The summed E-state index contributed by atoms with van der Waals surface area (Å²) in [7, 11) is 1.60. The number of allylic oxidation sites excluding steroid dienone is 1. The predicted molar refractivity (Wildman–Crippen MR) is 112 cm³/mol. The molecular weight excluding hydrogens is 386 g/mol. The molecule has 1 aliphatic rings. The minimum atomic E-state index is -0.292. The number of carbonyl (C=O) groups is 2. The smallest absolute Gasteiger partial charge is 0.230 e. The van der Waals surface area contributed by atoms with Gasteiger partial charge in [-0.05, 0) is 23.3 Å². The molecule has 148 valence electrons. The fourth-order valence-electron chi connectivity index (χ4n) is 3.04. The molecule has 29 heavy (non-hydrogen) atoms. The zero-order valence-electron chi connectivity index (χ0n) is 16.0. The van der Waals surface area contributed by atoms with Gasteiger partial charge in [-0.2, -0.15) is 5.26 Å². The topological polar surface area (TPSA) is 91.2 Å². The summed E-state index contributed by atoms with van der Waals surface area (Å²) in [6, 6.07) is 19.1. The normalized spacial score (nSPS) is 16.0. The van der Waals surface area contributed by atoms with Gasteiger partial charge < -0.3 is 15.4 Å². The first-order valence-corrected chi connectivity index (χ1v) is 10.1. The molecule has 6 nitrogen and oxygen atoms in total. The van der Waals surface area contributed by atoms with Crippen LogP contribution in [0.4, 0.5) is 0 Å². The van der Waals surface area contributed by atoms with E-state index in [9.17, 15) is 14.9 Å². The van der Waals surface area contributed by atoms with E-state index >= 15 is 0 Å². The maximum absolute atomic E-state index is 12.2. The molecule has 0 saturated carbocycles. The van der Waals surface area contributed by atoms with E-state index in [-0.39, 0.29) is 29.9 Å². The number of nitriles is 1. The minimum absolute atomic E-state index is 0.110. The molecule has 2 amide bonds. The Bertz CT molecular complexity index is 950. The average molecular weight is 407 g/mol. The molecule has 0 unspecified atom stereocenters. The first-order chi connectivity index (χ1) is 14.1. The predicted octanol–water partition coefficient (Wildman–Crippen LogP) is 3.08. The zero-order valence-corrected chi connectivity index (χ0v) is 16.8. The van der Waals surface area contributed by atoms with Gasteiger partial charge in [0.1, 0.15) is 5.75 Å². The van der Waals surface area contributed by atoms with Crippen LogP contribution in [0.1, 0.15) is 23.5 Å². The molecule has 0 bridgehead atoms. The van der Waals surface area contributed by atoms with Gasteiger partial charge in [0.05, 0.1) is 29.5 Å². The molecule has 3 rings (SSSR count). The summed E-state index contributed by atoms with van der Waals surface area (Å²) >= 11 is 1.17. The third-order valence-corrected chi connectivity index (χ3v) is 5.57.